The first-order valence-corrected chi connectivity index (χ1v) is 7.45. The largest absolute Gasteiger partial charge is 0.279 e. The fourth-order valence-electron chi connectivity index (χ4n) is 2.44. The highest BCUT2D eigenvalue weighted by molar-refractivity contribution is 5.58. The number of aryl methyl sites for hydroxylation is 1. The molecule has 0 aliphatic heterocycles. The third-order valence-electron chi connectivity index (χ3n) is 3.53. The van der Waals surface area contributed by atoms with Gasteiger partial charge in [0.15, 0.2) is 5.82 Å². The molecule has 0 unspecified atom stereocenters. The zero-order valence-corrected chi connectivity index (χ0v) is 12.2. The minimum Gasteiger partial charge on any atom is -0.279 e. The van der Waals surface area contributed by atoms with Gasteiger partial charge in [0, 0.05) is 17.7 Å². The number of aromatic nitrogens is 3. The van der Waals surface area contributed by atoms with Gasteiger partial charge in [-0.1, -0.05) is 61.9 Å². The van der Waals surface area contributed by atoms with Gasteiger partial charge in [0.25, 0.3) is 0 Å². The minimum atomic E-state index is 0.910. The zero-order valence-electron chi connectivity index (χ0n) is 12.2. The van der Waals surface area contributed by atoms with Gasteiger partial charge in [0.05, 0.1) is 0 Å². The van der Waals surface area contributed by atoms with Crippen LogP contribution in [0, 0.1) is 0 Å². The topological polar surface area (TPSA) is 30.7 Å². The monoisotopic (exact) mass is 277 g/mol. The highest BCUT2D eigenvalue weighted by Gasteiger charge is 2.14. The second kappa shape index (κ2) is 6.35. The van der Waals surface area contributed by atoms with Gasteiger partial charge in [-0.15, -0.1) is 10.2 Å². The lowest BCUT2D eigenvalue weighted by Gasteiger charge is -2.10. The summed E-state index contributed by atoms with van der Waals surface area (Å²) >= 11 is 0. The van der Waals surface area contributed by atoms with Gasteiger partial charge < -0.3 is 0 Å². The molecule has 1 heterocycles. The first kappa shape index (κ1) is 13.6. The van der Waals surface area contributed by atoms with E-state index in [9.17, 15) is 0 Å². The van der Waals surface area contributed by atoms with Crippen LogP contribution in [-0.4, -0.2) is 14.8 Å². The maximum atomic E-state index is 4.43. The molecule has 0 saturated heterocycles. The van der Waals surface area contributed by atoms with Crippen molar-refractivity contribution < 1.29 is 0 Å². The molecule has 0 spiro atoms. The van der Waals surface area contributed by atoms with Gasteiger partial charge in [-0.05, 0) is 18.6 Å². The van der Waals surface area contributed by atoms with Crippen molar-refractivity contribution in [2.75, 3.05) is 0 Å². The van der Waals surface area contributed by atoms with Gasteiger partial charge in [0.2, 0.25) is 0 Å². The molecule has 3 aromatic rings. The SMILES string of the molecule is CCCCc1nnc(-c2ccccc2)n1-c1ccccc1. The van der Waals surface area contributed by atoms with Crippen molar-refractivity contribution in [3.63, 3.8) is 0 Å². The molecule has 0 bridgehead atoms. The van der Waals surface area contributed by atoms with Gasteiger partial charge >= 0.3 is 0 Å². The lowest BCUT2D eigenvalue weighted by molar-refractivity contribution is 0.736. The molecule has 0 aliphatic rings. The summed E-state index contributed by atoms with van der Waals surface area (Å²) in [6.45, 7) is 2.20. The number of nitrogens with zero attached hydrogens (tertiary/aromatic N) is 3. The van der Waals surface area contributed by atoms with E-state index in [0.717, 1.165) is 42.2 Å². The molecule has 2 aromatic carbocycles. The highest BCUT2D eigenvalue weighted by atomic mass is 15.3. The third-order valence-corrected chi connectivity index (χ3v) is 3.53. The van der Waals surface area contributed by atoms with E-state index in [4.69, 9.17) is 0 Å². The van der Waals surface area contributed by atoms with Gasteiger partial charge in [-0.3, -0.25) is 4.57 Å². The van der Waals surface area contributed by atoms with E-state index in [0.29, 0.717) is 0 Å². The van der Waals surface area contributed by atoms with Crippen molar-refractivity contribution in [2.24, 2.45) is 0 Å². The summed E-state index contributed by atoms with van der Waals surface area (Å²) in [5.74, 6) is 1.94. The molecule has 0 saturated carbocycles. The number of rotatable bonds is 5. The number of hydrogen-bond donors (Lipinski definition) is 0. The molecule has 0 radical (unpaired) electrons. The van der Waals surface area contributed by atoms with Crippen molar-refractivity contribution in [2.45, 2.75) is 26.2 Å². The summed E-state index contributed by atoms with van der Waals surface area (Å²) in [7, 11) is 0. The lowest BCUT2D eigenvalue weighted by atomic mass is 10.2. The Bertz CT molecular complexity index is 687. The summed E-state index contributed by atoms with van der Waals surface area (Å²) in [5.41, 5.74) is 2.21. The van der Waals surface area contributed by atoms with Crippen LogP contribution in [0.2, 0.25) is 0 Å². The van der Waals surface area contributed by atoms with Crippen LogP contribution in [0.25, 0.3) is 17.1 Å². The predicted octanol–water partition coefficient (Wildman–Crippen LogP) is 4.28. The third kappa shape index (κ3) is 2.87. The van der Waals surface area contributed by atoms with Crippen LogP contribution in [0.1, 0.15) is 25.6 Å². The normalized spacial score (nSPS) is 10.7. The van der Waals surface area contributed by atoms with E-state index >= 15 is 0 Å². The molecule has 3 rings (SSSR count). The molecule has 21 heavy (non-hydrogen) atoms. The van der Waals surface area contributed by atoms with Crippen molar-refractivity contribution in [3.05, 3.63) is 66.5 Å². The highest BCUT2D eigenvalue weighted by Crippen LogP contribution is 2.23. The van der Waals surface area contributed by atoms with Crippen LogP contribution in [-0.2, 0) is 6.42 Å². The standard InChI is InChI=1S/C18H19N3/c1-2-3-14-17-19-20-18(15-10-6-4-7-11-15)21(17)16-12-8-5-9-13-16/h4-13H,2-3,14H2,1H3. The van der Waals surface area contributed by atoms with E-state index in [1.165, 1.54) is 0 Å². The van der Waals surface area contributed by atoms with E-state index < -0.39 is 0 Å². The van der Waals surface area contributed by atoms with E-state index in [-0.39, 0.29) is 0 Å². The van der Waals surface area contributed by atoms with Gasteiger partial charge in [0.1, 0.15) is 5.82 Å². The van der Waals surface area contributed by atoms with E-state index in [1.54, 1.807) is 0 Å². The maximum absolute atomic E-state index is 4.43. The second-order valence-electron chi connectivity index (χ2n) is 5.08. The van der Waals surface area contributed by atoms with Crippen LogP contribution >= 0.6 is 0 Å². The molecule has 0 amide bonds. The van der Waals surface area contributed by atoms with Gasteiger partial charge in [-0.2, -0.15) is 0 Å². The minimum absolute atomic E-state index is 0.910. The number of para-hydroxylation sites is 1. The van der Waals surface area contributed by atoms with Crippen molar-refractivity contribution in [1.29, 1.82) is 0 Å². The number of hydrogen-bond acceptors (Lipinski definition) is 2. The van der Waals surface area contributed by atoms with Crippen molar-refractivity contribution in [3.8, 4) is 17.1 Å². The average Bonchev–Trinajstić information content (AvgIpc) is 2.98. The molecular weight excluding hydrogens is 258 g/mol. The maximum Gasteiger partial charge on any atom is 0.168 e. The molecule has 0 aliphatic carbocycles. The summed E-state index contributed by atoms with van der Waals surface area (Å²) in [5, 5.41) is 8.85. The average molecular weight is 277 g/mol. The van der Waals surface area contributed by atoms with Gasteiger partial charge in [-0.25, -0.2) is 0 Å². The first-order chi connectivity index (χ1) is 10.4. The first-order valence-electron chi connectivity index (χ1n) is 7.45. The molecule has 0 fully saturated rings. The molecule has 1 aromatic heterocycles. The number of benzene rings is 2. The smallest absolute Gasteiger partial charge is 0.168 e. The Balaban J connectivity index is 2.11. The molecule has 3 heteroatoms. The predicted molar refractivity (Wildman–Crippen MR) is 85.4 cm³/mol. The fraction of sp³-hybridized carbons (Fsp3) is 0.222. The Labute approximate surface area is 125 Å². The second-order valence-corrected chi connectivity index (χ2v) is 5.08. The Morgan fingerprint density at radius 1 is 0.857 bits per heavy atom. The van der Waals surface area contributed by atoms with Crippen LogP contribution in [0.3, 0.4) is 0 Å². The van der Waals surface area contributed by atoms with Crippen LogP contribution in [0.4, 0.5) is 0 Å². The Morgan fingerprint density at radius 2 is 1.52 bits per heavy atom. The van der Waals surface area contributed by atoms with Crippen molar-refractivity contribution >= 4 is 0 Å². The summed E-state index contributed by atoms with van der Waals surface area (Å²) in [4.78, 5) is 0. The van der Waals surface area contributed by atoms with E-state index in [1.807, 2.05) is 36.4 Å². The molecular formula is C18H19N3. The fourth-order valence-corrected chi connectivity index (χ4v) is 2.44. The van der Waals surface area contributed by atoms with Crippen LogP contribution in [0.5, 0.6) is 0 Å². The Morgan fingerprint density at radius 3 is 2.19 bits per heavy atom. The quantitative estimate of drug-likeness (QED) is 0.697. The van der Waals surface area contributed by atoms with Crippen LogP contribution < -0.4 is 0 Å². The Kier molecular flexibility index (Phi) is 4.10. The zero-order chi connectivity index (χ0) is 14.5. The summed E-state index contributed by atoms with van der Waals surface area (Å²) in [6, 6.07) is 20.6. The lowest BCUT2D eigenvalue weighted by Crippen LogP contribution is -2.03. The molecule has 3 nitrogen and oxygen atoms in total. The molecule has 0 atom stereocenters. The Hall–Kier alpha value is -2.42. The molecule has 106 valence electrons. The number of unbranched alkanes of at least 4 members (excludes halogenated alkanes) is 1. The van der Waals surface area contributed by atoms with Crippen molar-refractivity contribution in [1.82, 2.24) is 14.8 Å². The molecule has 0 N–H and O–H groups in total. The van der Waals surface area contributed by atoms with Crippen LogP contribution in [0.15, 0.2) is 60.7 Å². The summed E-state index contributed by atoms with van der Waals surface area (Å²) < 4.78 is 2.17. The summed E-state index contributed by atoms with van der Waals surface area (Å²) in [6.07, 6.45) is 3.23. The van der Waals surface area contributed by atoms with E-state index in [2.05, 4.69) is 46.0 Å².